The van der Waals surface area contributed by atoms with Gasteiger partial charge in [0.25, 0.3) is 0 Å². The Morgan fingerprint density at radius 1 is 1.57 bits per heavy atom. The summed E-state index contributed by atoms with van der Waals surface area (Å²) in [6, 6.07) is 5.46. The van der Waals surface area contributed by atoms with Gasteiger partial charge in [-0.3, -0.25) is 4.79 Å². The predicted molar refractivity (Wildman–Crippen MR) is 79.4 cm³/mol. The average molecular weight is 302 g/mol. The number of fused-ring (bicyclic) bond motifs is 1. The Labute approximate surface area is 125 Å². The Bertz CT molecular complexity index is 770. The van der Waals surface area contributed by atoms with E-state index in [0.29, 0.717) is 28.6 Å². The molecule has 1 amide bonds. The summed E-state index contributed by atoms with van der Waals surface area (Å²) in [4.78, 5) is 20.1. The molecule has 1 aliphatic rings. The van der Waals surface area contributed by atoms with Crippen LogP contribution in [0.2, 0.25) is 5.15 Å². The molecule has 0 radical (unpaired) electrons. The number of nitrogens with zero attached hydrogens (tertiary/aromatic N) is 3. The lowest BCUT2D eigenvalue weighted by molar-refractivity contribution is -0.117. The average Bonchev–Trinajstić information content (AvgIpc) is 3.18. The van der Waals surface area contributed by atoms with E-state index in [2.05, 4.69) is 21.4 Å². The van der Waals surface area contributed by atoms with Gasteiger partial charge in [-0.05, 0) is 29.9 Å². The van der Waals surface area contributed by atoms with E-state index in [1.165, 1.54) is 0 Å². The first-order valence-corrected chi connectivity index (χ1v) is 6.86. The van der Waals surface area contributed by atoms with Gasteiger partial charge < -0.3 is 11.1 Å². The number of halogens is 1. The third kappa shape index (κ3) is 2.73. The predicted octanol–water partition coefficient (Wildman–Crippen LogP) is 2.35. The summed E-state index contributed by atoms with van der Waals surface area (Å²) in [5.41, 5.74) is 5.76. The smallest absolute Gasteiger partial charge is 0.228 e. The zero-order chi connectivity index (χ0) is 15.0. The van der Waals surface area contributed by atoms with Gasteiger partial charge in [-0.25, -0.2) is 9.97 Å². The lowest BCUT2D eigenvalue weighted by atomic mass is 10.2. The highest BCUT2D eigenvalue weighted by atomic mass is 35.5. The maximum Gasteiger partial charge on any atom is 0.228 e. The maximum absolute atomic E-state index is 12.0. The standard InChI is InChI=1S/C14H12ClN5O/c15-11-4-8-5-12(18-6-10(8)13(17)19-11)20-14(21)9-3-7(9)1-2-16/h4-7,9H,1,3H2,(H2,17,19)(H,18,20,21)/t7-,9-/m0/s1. The van der Waals surface area contributed by atoms with Crippen LogP contribution < -0.4 is 11.1 Å². The Morgan fingerprint density at radius 2 is 2.38 bits per heavy atom. The fourth-order valence-electron chi connectivity index (χ4n) is 2.34. The Balaban J connectivity index is 1.79. The molecule has 0 unspecified atom stereocenters. The van der Waals surface area contributed by atoms with Crippen LogP contribution in [0.1, 0.15) is 12.8 Å². The van der Waals surface area contributed by atoms with Gasteiger partial charge in [0.2, 0.25) is 5.91 Å². The van der Waals surface area contributed by atoms with Crippen LogP contribution in [-0.2, 0) is 4.79 Å². The highest BCUT2D eigenvalue weighted by Crippen LogP contribution is 2.41. The van der Waals surface area contributed by atoms with Gasteiger partial charge >= 0.3 is 0 Å². The number of amides is 1. The molecule has 0 saturated heterocycles. The van der Waals surface area contributed by atoms with Crippen molar-refractivity contribution in [3.63, 3.8) is 0 Å². The molecular weight excluding hydrogens is 290 g/mol. The molecule has 3 N–H and O–H groups in total. The third-order valence-electron chi connectivity index (χ3n) is 3.58. The van der Waals surface area contributed by atoms with E-state index in [1.54, 1.807) is 18.3 Å². The largest absolute Gasteiger partial charge is 0.383 e. The summed E-state index contributed by atoms with van der Waals surface area (Å²) in [6.45, 7) is 0. The van der Waals surface area contributed by atoms with Crippen molar-refractivity contribution in [3.8, 4) is 6.07 Å². The molecule has 1 fully saturated rings. The van der Waals surface area contributed by atoms with Crippen molar-refractivity contribution in [2.75, 3.05) is 11.1 Å². The Hall–Kier alpha value is -2.39. The summed E-state index contributed by atoms with van der Waals surface area (Å²) < 4.78 is 0. The Morgan fingerprint density at radius 3 is 3.14 bits per heavy atom. The molecule has 0 bridgehead atoms. The number of nitrogens with one attached hydrogen (secondary N) is 1. The minimum Gasteiger partial charge on any atom is -0.383 e. The van der Waals surface area contributed by atoms with Gasteiger partial charge in [0.1, 0.15) is 16.8 Å². The van der Waals surface area contributed by atoms with Crippen molar-refractivity contribution >= 4 is 39.9 Å². The molecule has 1 aliphatic carbocycles. The quantitative estimate of drug-likeness (QED) is 0.847. The second kappa shape index (κ2) is 5.19. The lowest BCUT2D eigenvalue weighted by Crippen LogP contribution is -2.15. The van der Waals surface area contributed by atoms with Gasteiger partial charge in [-0.1, -0.05) is 11.6 Å². The number of rotatable bonds is 3. The number of pyridine rings is 2. The second-order valence-electron chi connectivity index (χ2n) is 5.07. The van der Waals surface area contributed by atoms with Crippen molar-refractivity contribution < 1.29 is 4.79 Å². The van der Waals surface area contributed by atoms with Gasteiger partial charge in [0, 0.05) is 23.9 Å². The van der Waals surface area contributed by atoms with Gasteiger partial charge in [0.05, 0.1) is 6.07 Å². The molecule has 2 aromatic rings. The molecule has 0 spiro atoms. The molecule has 21 heavy (non-hydrogen) atoms. The van der Waals surface area contributed by atoms with E-state index in [0.717, 1.165) is 11.8 Å². The summed E-state index contributed by atoms with van der Waals surface area (Å²) >= 11 is 5.87. The van der Waals surface area contributed by atoms with Crippen LogP contribution in [0, 0.1) is 23.2 Å². The molecule has 106 valence electrons. The van der Waals surface area contributed by atoms with Crippen molar-refractivity contribution in [1.29, 1.82) is 5.26 Å². The van der Waals surface area contributed by atoms with E-state index >= 15 is 0 Å². The summed E-state index contributed by atoms with van der Waals surface area (Å²) in [5.74, 6) is 0.726. The van der Waals surface area contributed by atoms with E-state index in [4.69, 9.17) is 22.6 Å². The normalized spacial score (nSPS) is 20.0. The molecule has 6 nitrogen and oxygen atoms in total. The van der Waals surface area contributed by atoms with E-state index < -0.39 is 0 Å². The van der Waals surface area contributed by atoms with Crippen LogP contribution in [0.5, 0.6) is 0 Å². The van der Waals surface area contributed by atoms with Crippen LogP contribution in [0.4, 0.5) is 11.6 Å². The molecule has 1 saturated carbocycles. The fraction of sp³-hybridized carbons (Fsp3) is 0.286. The monoisotopic (exact) mass is 301 g/mol. The number of aromatic nitrogens is 2. The molecule has 0 aliphatic heterocycles. The first-order chi connectivity index (χ1) is 10.1. The van der Waals surface area contributed by atoms with Crippen LogP contribution in [0.25, 0.3) is 10.8 Å². The number of hydrogen-bond donors (Lipinski definition) is 2. The van der Waals surface area contributed by atoms with Crippen LogP contribution in [-0.4, -0.2) is 15.9 Å². The van der Waals surface area contributed by atoms with Crippen LogP contribution in [0.15, 0.2) is 18.3 Å². The SMILES string of the molecule is N#CC[C@H]1C[C@@H]1C(=O)Nc1cc2cc(Cl)nc(N)c2cn1. The van der Waals surface area contributed by atoms with Gasteiger partial charge in [-0.2, -0.15) is 5.26 Å². The number of anilines is 2. The molecule has 7 heteroatoms. The van der Waals surface area contributed by atoms with Crippen LogP contribution >= 0.6 is 11.6 Å². The van der Waals surface area contributed by atoms with Gasteiger partial charge in [-0.15, -0.1) is 0 Å². The minimum absolute atomic E-state index is 0.0896. The minimum atomic E-state index is -0.102. The first-order valence-electron chi connectivity index (χ1n) is 6.48. The highest BCUT2D eigenvalue weighted by Gasteiger charge is 2.42. The summed E-state index contributed by atoms with van der Waals surface area (Å²) in [6.07, 6.45) is 2.74. The van der Waals surface area contributed by atoms with E-state index in [1.807, 2.05) is 0 Å². The molecular formula is C14H12ClN5O. The van der Waals surface area contributed by atoms with Crippen molar-refractivity contribution in [3.05, 3.63) is 23.5 Å². The zero-order valence-electron chi connectivity index (χ0n) is 11.0. The lowest BCUT2D eigenvalue weighted by Gasteiger charge is -2.06. The summed E-state index contributed by atoms with van der Waals surface area (Å²) in [7, 11) is 0. The fourth-order valence-corrected chi connectivity index (χ4v) is 2.55. The number of nitrogens with two attached hydrogens (primary N) is 1. The first kappa shape index (κ1) is 13.6. The number of hydrogen-bond acceptors (Lipinski definition) is 5. The van der Waals surface area contributed by atoms with E-state index in [-0.39, 0.29) is 17.7 Å². The van der Waals surface area contributed by atoms with Crippen LogP contribution in [0.3, 0.4) is 0 Å². The van der Waals surface area contributed by atoms with Gasteiger partial charge in [0.15, 0.2) is 0 Å². The van der Waals surface area contributed by atoms with Crippen molar-refractivity contribution in [2.45, 2.75) is 12.8 Å². The van der Waals surface area contributed by atoms with Crippen molar-refractivity contribution in [2.24, 2.45) is 11.8 Å². The maximum atomic E-state index is 12.0. The highest BCUT2D eigenvalue weighted by molar-refractivity contribution is 6.30. The number of carbonyl (C=O) groups is 1. The second-order valence-corrected chi connectivity index (χ2v) is 5.46. The molecule has 3 rings (SSSR count). The molecule has 0 aromatic carbocycles. The third-order valence-corrected chi connectivity index (χ3v) is 3.77. The number of carbonyl (C=O) groups excluding carboxylic acids is 1. The van der Waals surface area contributed by atoms with Crippen molar-refractivity contribution in [1.82, 2.24) is 9.97 Å². The molecule has 2 aromatic heterocycles. The van der Waals surface area contributed by atoms with E-state index in [9.17, 15) is 4.79 Å². The molecule has 2 atom stereocenters. The molecule has 2 heterocycles. The number of nitrogen functional groups attached to an aromatic ring is 1. The summed E-state index contributed by atoms with van der Waals surface area (Å²) in [5, 5.41) is 13.1. The Kier molecular flexibility index (Phi) is 3.35. The topological polar surface area (TPSA) is 105 Å². The number of nitriles is 1. The zero-order valence-corrected chi connectivity index (χ0v) is 11.8.